The van der Waals surface area contributed by atoms with E-state index >= 15 is 0 Å². The van der Waals surface area contributed by atoms with Crippen molar-refractivity contribution in [3.8, 4) is 0 Å². The van der Waals surface area contributed by atoms with E-state index in [0.29, 0.717) is 19.3 Å². The molecule has 0 amide bonds. The van der Waals surface area contributed by atoms with Crippen LogP contribution in [0.15, 0.2) is 18.2 Å². The van der Waals surface area contributed by atoms with Crippen LogP contribution < -0.4 is 0 Å². The van der Waals surface area contributed by atoms with Gasteiger partial charge in [-0.2, -0.15) is 0 Å². The molecule has 0 saturated carbocycles. The minimum absolute atomic E-state index is 0.103. The summed E-state index contributed by atoms with van der Waals surface area (Å²) in [5.74, 6) is -1.11. The third-order valence-corrected chi connectivity index (χ3v) is 5.15. The quantitative estimate of drug-likeness (QED) is 0.909. The van der Waals surface area contributed by atoms with E-state index in [-0.39, 0.29) is 11.1 Å². The van der Waals surface area contributed by atoms with Gasteiger partial charge in [-0.15, -0.1) is 0 Å². The van der Waals surface area contributed by atoms with E-state index in [9.17, 15) is 14.3 Å². The van der Waals surface area contributed by atoms with Crippen LogP contribution in [0.25, 0.3) is 0 Å². The highest BCUT2D eigenvalue weighted by Crippen LogP contribution is 2.38. The van der Waals surface area contributed by atoms with Crippen molar-refractivity contribution in [1.29, 1.82) is 0 Å². The summed E-state index contributed by atoms with van der Waals surface area (Å²) in [5.41, 5.74) is 0.372. The van der Waals surface area contributed by atoms with Crippen molar-refractivity contribution >= 4 is 17.6 Å². The second kappa shape index (κ2) is 6.32. The Hall–Kier alpha value is -1.13. The van der Waals surface area contributed by atoms with Crippen LogP contribution in [-0.2, 0) is 4.79 Å². The maximum atomic E-state index is 13.2. The van der Waals surface area contributed by atoms with Crippen LogP contribution in [0.3, 0.4) is 0 Å². The molecule has 1 saturated heterocycles. The minimum Gasteiger partial charge on any atom is -0.481 e. The summed E-state index contributed by atoms with van der Waals surface area (Å²) in [4.78, 5) is 13.7. The number of hydrogen-bond donors (Lipinski definition) is 1. The molecule has 21 heavy (non-hydrogen) atoms. The highest BCUT2D eigenvalue weighted by atomic mass is 35.5. The number of nitrogens with zero attached hydrogens (tertiary/aromatic N) is 1. The molecule has 0 bridgehead atoms. The molecule has 1 aliphatic rings. The topological polar surface area (TPSA) is 40.5 Å². The normalized spacial score (nSPS) is 20.2. The van der Waals surface area contributed by atoms with Crippen LogP contribution in [0, 0.1) is 11.2 Å². The molecular formula is C16H21ClFNO2. The van der Waals surface area contributed by atoms with Crippen molar-refractivity contribution < 1.29 is 14.3 Å². The summed E-state index contributed by atoms with van der Waals surface area (Å²) < 4.78 is 13.2. The van der Waals surface area contributed by atoms with Gasteiger partial charge in [0, 0.05) is 6.04 Å². The maximum Gasteiger partial charge on any atom is 0.309 e. The van der Waals surface area contributed by atoms with Crippen LogP contribution in [0.4, 0.5) is 4.39 Å². The summed E-state index contributed by atoms with van der Waals surface area (Å²) in [5, 5.41) is 9.55. The maximum absolute atomic E-state index is 13.2. The largest absolute Gasteiger partial charge is 0.481 e. The van der Waals surface area contributed by atoms with Crippen LogP contribution in [0.1, 0.15) is 44.7 Å². The first-order valence-corrected chi connectivity index (χ1v) is 7.70. The van der Waals surface area contributed by atoms with Crippen LogP contribution in [0.5, 0.6) is 0 Å². The zero-order valence-electron chi connectivity index (χ0n) is 12.4. The number of carboxylic acid groups (broad SMARTS) is 1. The van der Waals surface area contributed by atoms with Gasteiger partial charge in [0.2, 0.25) is 0 Å². The number of aliphatic carboxylic acids is 1. The van der Waals surface area contributed by atoms with Gasteiger partial charge in [-0.1, -0.05) is 24.6 Å². The number of piperidine rings is 1. The summed E-state index contributed by atoms with van der Waals surface area (Å²) in [6, 6.07) is 4.88. The first-order chi connectivity index (χ1) is 9.89. The standard InChI is InChI=1S/C16H21ClFNO2/c1-3-16(15(20)21)6-8-19(9-7-16)11(2)12-4-5-14(18)13(17)10-12/h4-5,10-11H,3,6-9H2,1-2H3,(H,20,21). The number of carbonyl (C=O) groups is 1. The molecule has 2 rings (SSSR count). The van der Waals surface area contributed by atoms with E-state index in [1.807, 2.05) is 13.8 Å². The van der Waals surface area contributed by atoms with Crippen LogP contribution >= 0.6 is 11.6 Å². The summed E-state index contributed by atoms with van der Waals surface area (Å²) in [6.45, 7) is 5.45. The van der Waals surface area contributed by atoms with Crippen molar-refractivity contribution in [2.24, 2.45) is 5.41 Å². The first kappa shape index (κ1) is 16.2. The number of hydrogen-bond acceptors (Lipinski definition) is 2. The van der Waals surface area contributed by atoms with Gasteiger partial charge < -0.3 is 5.11 Å². The van der Waals surface area contributed by atoms with E-state index in [4.69, 9.17) is 11.6 Å². The Labute approximate surface area is 129 Å². The van der Waals surface area contributed by atoms with Crippen molar-refractivity contribution in [3.63, 3.8) is 0 Å². The van der Waals surface area contributed by atoms with Crippen molar-refractivity contribution in [2.75, 3.05) is 13.1 Å². The van der Waals surface area contributed by atoms with Crippen LogP contribution in [-0.4, -0.2) is 29.1 Å². The summed E-state index contributed by atoms with van der Waals surface area (Å²) >= 11 is 5.83. The molecule has 0 aromatic heterocycles. The molecule has 1 atom stereocenters. The second-order valence-electron chi connectivity index (χ2n) is 5.82. The molecular weight excluding hydrogens is 293 g/mol. The summed E-state index contributed by atoms with van der Waals surface area (Å²) in [6.07, 6.45) is 1.96. The Kier molecular flexibility index (Phi) is 4.89. The lowest BCUT2D eigenvalue weighted by Gasteiger charge is -2.41. The van der Waals surface area contributed by atoms with Gasteiger partial charge in [-0.05, 0) is 57.0 Å². The lowest BCUT2D eigenvalue weighted by atomic mass is 9.76. The molecule has 1 N–H and O–H groups in total. The molecule has 0 spiro atoms. The van der Waals surface area contributed by atoms with Crippen molar-refractivity contribution in [3.05, 3.63) is 34.6 Å². The fourth-order valence-electron chi connectivity index (χ4n) is 3.04. The Balaban J connectivity index is 2.07. The molecule has 1 aromatic rings. The molecule has 1 fully saturated rings. The van der Waals surface area contributed by atoms with Crippen molar-refractivity contribution in [1.82, 2.24) is 4.90 Å². The lowest BCUT2D eigenvalue weighted by molar-refractivity contribution is -0.152. The smallest absolute Gasteiger partial charge is 0.309 e. The van der Waals surface area contributed by atoms with Gasteiger partial charge in [-0.3, -0.25) is 9.69 Å². The molecule has 116 valence electrons. The Bertz CT molecular complexity index is 527. The number of halogens is 2. The molecule has 1 aromatic carbocycles. The molecule has 1 aliphatic heterocycles. The fraction of sp³-hybridized carbons (Fsp3) is 0.562. The van der Waals surface area contributed by atoms with E-state index in [2.05, 4.69) is 4.90 Å². The molecule has 5 heteroatoms. The first-order valence-electron chi connectivity index (χ1n) is 7.32. The zero-order chi connectivity index (χ0) is 15.6. The minimum atomic E-state index is -0.692. The predicted octanol–water partition coefficient (Wildman–Crippen LogP) is 4.12. The number of benzene rings is 1. The van der Waals surface area contributed by atoms with E-state index < -0.39 is 17.2 Å². The molecule has 0 radical (unpaired) electrons. The fourth-order valence-corrected chi connectivity index (χ4v) is 3.23. The average Bonchev–Trinajstić information content (AvgIpc) is 2.49. The third kappa shape index (κ3) is 3.22. The molecule has 1 unspecified atom stereocenters. The number of carboxylic acids is 1. The van der Waals surface area contributed by atoms with Gasteiger partial charge in [0.15, 0.2) is 0 Å². The SMILES string of the molecule is CCC1(C(=O)O)CCN(C(C)c2ccc(F)c(Cl)c2)CC1. The molecule has 1 heterocycles. The van der Waals surface area contributed by atoms with Gasteiger partial charge in [0.25, 0.3) is 0 Å². The van der Waals surface area contributed by atoms with E-state index in [1.165, 1.54) is 6.07 Å². The predicted molar refractivity (Wildman–Crippen MR) is 81.0 cm³/mol. The Morgan fingerprint density at radius 2 is 2.10 bits per heavy atom. The lowest BCUT2D eigenvalue weighted by Crippen LogP contribution is -2.44. The van der Waals surface area contributed by atoms with E-state index in [1.54, 1.807) is 12.1 Å². The molecule has 0 aliphatic carbocycles. The average molecular weight is 314 g/mol. The number of likely N-dealkylation sites (tertiary alicyclic amines) is 1. The Morgan fingerprint density at radius 3 is 2.57 bits per heavy atom. The van der Waals surface area contributed by atoms with E-state index in [0.717, 1.165) is 18.7 Å². The highest BCUT2D eigenvalue weighted by molar-refractivity contribution is 6.30. The van der Waals surface area contributed by atoms with Crippen LogP contribution in [0.2, 0.25) is 5.02 Å². The Morgan fingerprint density at radius 1 is 1.48 bits per heavy atom. The zero-order valence-corrected chi connectivity index (χ0v) is 13.2. The highest BCUT2D eigenvalue weighted by Gasteiger charge is 2.40. The third-order valence-electron chi connectivity index (χ3n) is 4.86. The van der Waals surface area contributed by atoms with Gasteiger partial charge in [-0.25, -0.2) is 4.39 Å². The summed E-state index contributed by atoms with van der Waals surface area (Å²) in [7, 11) is 0. The van der Waals surface area contributed by atoms with Gasteiger partial charge in [0.05, 0.1) is 10.4 Å². The second-order valence-corrected chi connectivity index (χ2v) is 6.23. The van der Waals surface area contributed by atoms with Gasteiger partial charge in [0.1, 0.15) is 5.82 Å². The van der Waals surface area contributed by atoms with Crippen molar-refractivity contribution in [2.45, 2.75) is 39.2 Å². The monoisotopic (exact) mass is 313 g/mol. The number of rotatable bonds is 4. The van der Waals surface area contributed by atoms with Gasteiger partial charge >= 0.3 is 5.97 Å². The molecule has 3 nitrogen and oxygen atoms in total.